The first-order valence-electron chi connectivity index (χ1n) is 2.30. The van der Waals surface area contributed by atoms with Crippen LogP contribution in [0, 0.1) is 0 Å². The second kappa shape index (κ2) is 6.13. The molecule has 0 amide bonds. The van der Waals surface area contributed by atoms with E-state index in [1.54, 1.807) is 0 Å². The van der Waals surface area contributed by atoms with Gasteiger partial charge in [0.05, 0.1) is 13.2 Å². The van der Waals surface area contributed by atoms with Crippen molar-refractivity contribution in [3.8, 4) is 0 Å². The lowest BCUT2D eigenvalue weighted by Gasteiger charge is -1.58. The fourth-order valence-electron chi connectivity index (χ4n) is 0. The third kappa shape index (κ3) is 23.0. The first-order chi connectivity index (χ1) is 3.41. The molecule has 1 unspecified atom stereocenters. The van der Waals surface area contributed by atoms with Gasteiger partial charge in [-0.2, -0.15) is 0 Å². The standard InChI is InChI=1S/C3H7P.C2H4O/c1-2-3-4;1-2-3-1/h2H,1,3-4H2;1-2H2. The van der Waals surface area contributed by atoms with Crippen LogP contribution in [-0.4, -0.2) is 19.4 Å². The van der Waals surface area contributed by atoms with Crippen molar-refractivity contribution in [2.24, 2.45) is 0 Å². The Labute approximate surface area is 47.0 Å². The van der Waals surface area contributed by atoms with E-state index in [1.807, 2.05) is 6.08 Å². The zero-order chi connectivity index (χ0) is 5.54. The highest BCUT2D eigenvalue weighted by molar-refractivity contribution is 7.16. The molecule has 2 heteroatoms. The van der Waals surface area contributed by atoms with Gasteiger partial charge in [0, 0.05) is 0 Å². The Balaban J connectivity index is 0.000000105. The van der Waals surface area contributed by atoms with Crippen molar-refractivity contribution in [2.75, 3.05) is 19.4 Å². The molecular formula is C5H11OP. The number of hydrogen-bond acceptors (Lipinski definition) is 1. The zero-order valence-corrected chi connectivity index (χ0v) is 5.55. The molecule has 1 saturated heterocycles. The van der Waals surface area contributed by atoms with Crippen molar-refractivity contribution in [2.45, 2.75) is 0 Å². The van der Waals surface area contributed by atoms with Gasteiger partial charge in [-0.3, -0.25) is 0 Å². The summed E-state index contributed by atoms with van der Waals surface area (Å²) in [6.07, 6.45) is 2.84. The first-order valence-corrected chi connectivity index (χ1v) is 3.12. The van der Waals surface area contributed by atoms with Gasteiger partial charge in [0.25, 0.3) is 0 Å². The van der Waals surface area contributed by atoms with Crippen molar-refractivity contribution in [3.63, 3.8) is 0 Å². The van der Waals surface area contributed by atoms with Crippen LogP contribution in [0.2, 0.25) is 0 Å². The quantitative estimate of drug-likeness (QED) is 0.285. The van der Waals surface area contributed by atoms with Crippen LogP contribution in [0.1, 0.15) is 0 Å². The van der Waals surface area contributed by atoms with Crippen LogP contribution in [0.3, 0.4) is 0 Å². The summed E-state index contributed by atoms with van der Waals surface area (Å²) in [6, 6.07) is 0. The van der Waals surface area contributed by atoms with Gasteiger partial charge in [0.1, 0.15) is 0 Å². The van der Waals surface area contributed by atoms with Crippen LogP contribution < -0.4 is 0 Å². The summed E-state index contributed by atoms with van der Waals surface area (Å²) in [5.41, 5.74) is 0. The van der Waals surface area contributed by atoms with E-state index in [2.05, 4.69) is 20.6 Å². The molecule has 1 fully saturated rings. The number of rotatable bonds is 1. The molecule has 0 bridgehead atoms. The van der Waals surface area contributed by atoms with E-state index in [0.29, 0.717) is 0 Å². The average Bonchev–Trinajstić information content (AvgIpc) is 2.47. The minimum Gasteiger partial charge on any atom is -0.377 e. The van der Waals surface area contributed by atoms with E-state index in [9.17, 15) is 0 Å². The number of allylic oxidation sites excluding steroid dienone is 1. The molecule has 0 N–H and O–H groups in total. The predicted octanol–water partition coefficient (Wildman–Crippen LogP) is 1.06. The highest BCUT2D eigenvalue weighted by Crippen LogP contribution is 1.84. The van der Waals surface area contributed by atoms with Gasteiger partial charge in [-0.15, -0.1) is 15.8 Å². The fraction of sp³-hybridized carbons (Fsp3) is 0.600. The van der Waals surface area contributed by atoms with E-state index < -0.39 is 0 Å². The molecule has 0 aromatic carbocycles. The Hall–Kier alpha value is 0.130. The van der Waals surface area contributed by atoms with E-state index >= 15 is 0 Å². The second-order valence-corrected chi connectivity index (χ2v) is 1.61. The van der Waals surface area contributed by atoms with Crippen LogP contribution in [0.4, 0.5) is 0 Å². The molecule has 0 spiro atoms. The molecule has 0 saturated carbocycles. The summed E-state index contributed by atoms with van der Waals surface area (Å²) in [5, 5.41) is 0. The average molecular weight is 118 g/mol. The van der Waals surface area contributed by atoms with Crippen molar-refractivity contribution < 1.29 is 4.74 Å². The Kier molecular flexibility index (Phi) is 6.24. The number of hydrogen-bond donors (Lipinski definition) is 0. The summed E-state index contributed by atoms with van der Waals surface area (Å²) >= 11 is 0. The van der Waals surface area contributed by atoms with Crippen molar-refractivity contribution in [1.29, 1.82) is 0 Å². The minimum atomic E-state index is 1.00. The third-order valence-corrected chi connectivity index (χ3v) is 0.704. The van der Waals surface area contributed by atoms with E-state index in [4.69, 9.17) is 0 Å². The second-order valence-electron chi connectivity index (χ2n) is 1.14. The summed E-state index contributed by atoms with van der Waals surface area (Å²) < 4.78 is 4.50. The minimum absolute atomic E-state index is 1.00. The molecule has 0 aliphatic carbocycles. The lowest BCUT2D eigenvalue weighted by atomic mass is 10.8. The van der Waals surface area contributed by atoms with Gasteiger partial charge >= 0.3 is 0 Å². The molecule has 1 aliphatic heterocycles. The lowest BCUT2D eigenvalue weighted by Crippen LogP contribution is -1.43. The SMILES string of the molecule is C1CO1.C=CCP. The van der Waals surface area contributed by atoms with Crippen molar-refractivity contribution in [3.05, 3.63) is 12.7 Å². The summed E-state index contributed by atoms with van der Waals surface area (Å²) in [5.74, 6) is 0. The Morgan fingerprint density at radius 1 is 1.71 bits per heavy atom. The van der Waals surface area contributed by atoms with Crippen LogP contribution >= 0.6 is 9.24 Å². The largest absolute Gasteiger partial charge is 0.377 e. The summed E-state index contributed by atoms with van der Waals surface area (Å²) in [7, 11) is 2.54. The fourth-order valence-corrected chi connectivity index (χ4v) is 0. The Morgan fingerprint density at radius 2 is 2.00 bits per heavy atom. The van der Waals surface area contributed by atoms with Gasteiger partial charge in [-0.05, 0) is 6.16 Å². The smallest absolute Gasteiger partial charge is 0.0701 e. The van der Waals surface area contributed by atoms with Crippen LogP contribution in [0.15, 0.2) is 12.7 Å². The molecule has 1 heterocycles. The normalized spacial score (nSPS) is 13.9. The van der Waals surface area contributed by atoms with Gasteiger partial charge < -0.3 is 4.74 Å². The molecule has 0 aromatic rings. The summed E-state index contributed by atoms with van der Waals surface area (Å²) in [6.45, 7) is 5.46. The monoisotopic (exact) mass is 118 g/mol. The topological polar surface area (TPSA) is 12.5 Å². The van der Waals surface area contributed by atoms with Crippen LogP contribution in [0.25, 0.3) is 0 Å². The molecule has 1 aliphatic rings. The summed E-state index contributed by atoms with van der Waals surface area (Å²) in [4.78, 5) is 0. The van der Waals surface area contributed by atoms with Crippen LogP contribution in [0.5, 0.6) is 0 Å². The Morgan fingerprint density at radius 3 is 2.00 bits per heavy atom. The molecule has 1 rings (SSSR count). The number of epoxide rings is 1. The van der Waals surface area contributed by atoms with Crippen LogP contribution in [-0.2, 0) is 4.74 Å². The first kappa shape index (κ1) is 7.13. The Bertz CT molecular complexity index is 40.6. The third-order valence-electron chi connectivity index (χ3n) is 0.371. The van der Waals surface area contributed by atoms with Crippen molar-refractivity contribution >= 4 is 9.24 Å². The van der Waals surface area contributed by atoms with Gasteiger partial charge in [-0.25, -0.2) is 0 Å². The number of ether oxygens (including phenoxy) is 1. The molecule has 0 aromatic heterocycles. The molecule has 1 atom stereocenters. The van der Waals surface area contributed by atoms with Gasteiger partial charge in [0.2, 0.25) is 0 Å². The van der Waals surface area contributed by atoms with Crippen molar-refractivity contribution in [1.82, 2.24) is 0 Å². The molecule has 7 heavy (non-hydrogen) atoms. The molecule has 0 radical (unpaired) electrons. The highest BCUT2D eigenvalue weighted by Gasteiger charge is 1.94. The molecular weight excluding hydrogens is 107 g/mol. The molecule has 42 valence electrons. The predicted molar refractivity (Wildman–Crippen MR) is 35.6 cm³/mol. The molecule has 1 nitrogen and oxygen atoms in total. The maximum Gasteiger partial charge on any atom is 0.0701 e. The zero-order valence-electron chi connectivity index (χ0n) is 4.39. The van der Waals surface area contributed by atoms with Gasteiger partial charge in [-0.1, -0.05) is 6.08 Å². The highest BCUT2D eigenvalue weighted by atomic mass is 31.0. The maximum absolute atomic E-state index is 4.50. The lowest BCUT2D eigenvalue weighted by molar-refractivity contribution is 0.475. The van der Waals surface area contributed by atoms with E-state index in [1.165, 1.54) is 0 Å². The van der Waals surface area contributed by atoms with Gasteiger partial charge in [0.15, 0.2) is 0 Å². The van der Waals surface area contributed by atoms with E-state index in [-0.39, 0.29) is 0 Å². The maximum atomic E-state index is 4.50. The van der Waals surface area contributed by atoms with E-state index in [0.717, 1.165) is 19.4 Å².